The van der Waals surface area contributed by atoms with Crippen molar-refractivity contribution in [2.45, 2.75) is 13.8 Å². The average Bonchev–Trinajstić information content (AvgIpc) is 2.98. The molecule has 0 aliphatic heterocycles. The minimum absolute atomic E-state index is 0.161. The molecular formula is C21H18N4O. The zero-order valence-corrected chi connectivity index (χ0v) is 14.6. The van der Waals surface area contributed by atoms with Gasteiger partial charge in [0.1, 0.15) is 17.1 Å². The second-order valence-electron chi connectivity index (χ2n) is 6.25. The summed E-state index contributed by atoms with van der Waals surface area (Å²) >= 11 is 0. The zero-order valence-electron chi connectivity index (χ0n) is 14.6. The van der Waals surface area contributed by atoms with Gasteiger partial charge in [0.15, 0.2) is 5.82 Å². The summed E-state index contributed by atoms with van der Waals surface area (Å²) in [5, 5.41) is 18.4. The van der Waals surface area contributed by atoms with E-state index in [2.05, 4.69) is 42.3 Å². The molecule has 5 nitrogen and oxygen atoms in total. The van der Waals surface area contributed by atoms with Crippen LogP contribution in [-0.2, 0) is 0 Å². The molecule has 0 fully saturated rings. The Kier molecular flexibility index (Phi) is 3.97. The van der Waals surface area contributed by atoms with Gasteiger partial charge >= 0.3 is 0 Å². The normalized spacial score (nSPS) is 11.5. The Hall–Kier alpha value is -3.47. The third kappa shape index (κ3) is 2.95. The molecule has 0 spiro atoms. The quantitative estimate of drug-likeness (QED) is 0.483. The third-order valence-electron chi connectivity index (χ3n) is 4.23. The summed E-state index contributed by atoms with van der Waals surface area (Å²) in [4.78, 5) is 4.76. The number of hydrogen-bond donors (Lipinski definition) is 1. The Morgan fingerprint density at radius 3 is 2.62 bits per heavy atom. The van der Waals surface area contributed by atoms with Crippen LogP contribution < -0.4 is 0 Å². The molecular weight excluding hydrogens is 324 g/mol. The SMILES string of the molecule is Cc1ccc(-c2nc3ccccn3c2N=Nc2cccc(O)c2)c(C)c1. The highest BCUT2D eigenvalue weighted by atomic mass is 16.3. The molecule has 1 N–H and O–H groups in total. The number of phenols is 1. The number of rotatable bonds is 3. The molecule has 0 aliphatic carbocycles. The van der Waals surface area contributed by atoms with Crippen LogP contribution in [-0.4, -0.2) is 14.5 Å². The lowest BCUT2D eigenvalue weighted by Gasteiger charge is -2.05. The van der Waals surface area contributed by atoms with E-state index in [9.17, 15) is 5.11 Å². The fourth-order valence-corrected chi connectivity index (χ4v) is 3.00. The standard InChI is InChI=1S/C21H18N4O/c1-14-9-10-18(15(2)12-14)20-21(25-11-4-3-8-19(25)22-20)24-23-16-6-5-7-17(26)13-16/h3-13,26H,1-2H3. The van der Waals surface area contributed by atoms with Crippen molar-refractivity contribution in [2.24, 2.45) is 10.2 Å². The van der Waals surface area contributed by atoms with E-state index in [1.807, 2.05) is 28.8 Å². The average molecular weight is 342 g/mol. The zero-order chi connectivity index (χ0) is 18.1. The summed E-state index contributed by atoms with van der Waals surface area (Å²) in [6.45, 7) is 4.14. The number of hydrogen-bond acceptors (Lipinski definition) is 4. The van der Waals surface area contributed by atoms with Crippen LogP contribution in [0.2, 0.25) is 0 Å². The smallest absolute Gasteiger partial charge is 0.187 e. The second kappa shape index (κ2) is 6.44. The summed E-state index contributed by atoms with van der Waals surface area (Å²) in [5.41, 5.74) is 5.57. The molecule has 26 heavy (non-hydrogen) atoms. The number of fused-ring (bicyclic) bond motifs is 1. The van der Waals surface area contributed by atoms with Gasteiger partial charge in [-0.1, -0.05) is 35.9 Å². The van der Waals surface area contributed by atoms with E-state index >= 15 is 0 Å². The first-order chi connectivity index (χ1) is 12.6. The van der Waals surface area contributed by atoms with Gasteiger partial charge in [-0.25, -0.2) is 4.98 Å². The molecule has 2 aromatic heterocycles. The molecule has 4 aromatic rings. The first kappa shape index (κ1) is 16.0. The monoisotopic (exact) mass is 342 g/mol. The third-order valence-corrected chi connectivity index (χ3v) is 4.23. The molecule has 0 bridgehead atoms. The van der Waals surface area contributed by atoms with E-state index in [0.29, 0.717) is 11.5 Å². The van der Waals surface area contributed by atoms with Gasteiger partial charge in [0.05, 0.1) is 5.69 Å². The Labute approximate surface area is 151 Å². The molecule has 0 amide bonds. The summed E-state index contributed by atoms with van der Waals surface area (Å²) in [6.07, 6.45) is 1.92. The van der Waals surface area contributed by atoms with Gasteiger partial charge in [0.2, 0.25) is 0 Å². The predicted molar refractivity (Wildman–Crippen MR) is 102 cm³/mol. The van der Waals surface area contributed by atoms with Crippen LogP contribution >= 0.6 is 0 Å². The van der Waals surface area contributed by atoms with Crippen LogP contribution in [0.4, 0.5) is 11.5 Å². The van der Waals surface area contributed by atoms with Gasteiger partial charge in [-0.2, -0.15) is 0 Å². The van der Waals surface area contributed by atoms with Crippen LogP contribution in [0.3, 0.4) is 0 Å². The van der Waals surface area contributed by atoms with Crippen LogP contribution in [0.25, 0.3) is 16.9 Å². The summed E-state index contributed by atoms with van der Waals surface area (Å²) < 4.78 is 1.92. The Morgan fingerprint density at radius 1 is 0.923 bits per heavy atom. The number of aromatic nitrogens is 2. The van der Waals surface area contributed by atoms with Gasteiger partial charge in [-0.3, -0.25) is 4.40 Å². The molecule has 0 aliphatic rings. The molecule has 5 heteroatoms. The maximum absolute atomic E-state index is 9.62. The first-order valence-corrected chi connectivity index (χ1v) is 8.37. The molecule has 0 saturated carbocycles. The van der Waals surface area contributed by atoms with Crippen molar-refractivity contribution in [3.63, 3.8) is 0 Å². The minimum Gasteiger partial charge on any atom is -0.508 e. The second-order valence-corrected chi connectivity index (χ2v) is 6.25. The van der Waals surface area contributed by atoms with Crippen LogP contribution in [0.1, 0.15) is 11.1 Å². The number of imidazole rings is 1. The maximum atomic E-state index is 9.62. The van der Waals surface area contributed by atoms with E-state index < -0.39 is 0 Å². The van der Waals surface area contributed by atoms with E-state index in [0.717, 1.165) is 22.5 Å². The lowest BCUT2D eigenvalue weighted by atomic mass is 10.0. The molecule has 0 unspecified atom stereocenters. The summed E-state index contributed by atoms with van der Waals surface area (Å²) in [5.74, 6) is 0.824. The van der Waals surface area contributed by atoms with Crippen LogP contribution in [0.15, 0.2) is 77.1 Å². The van der Waals surface area contributed by atoms with Gasteiger partial charge in [0.25, 0.3) is 0 Å². The summed E-state index contributed by atoms with van der Waals surface area (Å²) in [6, 6.07) is 18.8. The van der Waals surface area contributed by atoms with E-state index in [1.165, 1.54) is 5.56 Å². The highest BCUT2D eigenvalue weighted by Gasteiger charge is 2.15. The Bertz CT molecular complexity index is 1130. The fraction of sp³-hybridized carbons (Fsp3) is 0.0952. The molecule has 2 heterocycles. The maximum Gasteiger partial charge on any atom is 0.187 e. The van der Waals surface area contributed by atoms with Crippen molar-refractivity contribution >= 4 is 17.2 Å². The number of nitrogens with zero attached hydrogens (tertiary/aromatic N) is 4. The van der Waals surface area contributed by atoms with E-state index in [1.54, 1.807) is 24.3 Å². The van der Waals surface area contributed by atoms with Crippen molar-refractivity contribution in [1.82, 2.24) is 9.38 Å². The lowest BCUT2D eigenvalue weighted by molar-refractivity contribution is 0.475. The number of aryl methyl sites for hydroxylation is 2. The van der Waals surface area contributed by atoms with Crippen molar-refractivity contribution in [3.05, 3.63) is 78.0 Å². The Morgan fingerprint density at radius 2 is 1.81 bits per heavy atom. The van der Waals surface area contributed by atoms with E-state index in [-0.39, 0.29) is 5.75 Å². The molecule has 128 valence electrons. The number of benzene rings is 2. The molecule has 2 aromatic carbocycles. The fourth-order valence-electron chi connectivity index (χ4n) is 3.00. The van der Waals surface area contributed by atoms with E-state index in [4.69, 9.17) is 4.98 Å². The summed E-state index contributed by atoms with van der Waals surface area (Å²) in [7, 11) is 0. The van der Waals surface area contributed by atoms with Crippen molar-refractivity contribution in [1.29, 1.82) is 0 Å². The number of pyridine rings is 1. The Balaban J connectivity index is 1.89. The lowest BCUT2D eigenvalue weighted by Crippen LogP contribution is -1.86. The van der Waals surface area contributed by atoms with Crippen LogP contribution in [0, 0.1) is 13.8 Å². The largest absolute Gasteiger partial charge is 0.508 e. The molecule has 0 atom stereocenters. The van der Waals surface area contributed by atoms with Crippen molar-refractivity contribution in [2.75, 3.05) is 0 Å². The molecule has 4 rings (SSSR count). The van der Waals surface area contributed by atoms with Crippen molar-refractivity contribution < 1.29 is 5.11 Å². The first-order valence-electron chi connectivity index (χ1n) is 8.37. The van der Waals surface area contributed by atoms with Gasteiger partial charge < -0.3 is 5.11 Å². The minimum atomic E-state index is 0.161. The van der Waals surface area contributed by atoms with Gasteiger partial charge in [0, 0.05) is 17.8 Å². The predicted octanol–water partition coefficient (Wildman–Crippen LogP) is 5.74. The topological polar surface area (TPSA) is 62.2 Å². The van der Waals surface area contributed by atoms with Gasteiger partial charge in [-0.05, 0) is 43.7 Å². The van der Waals surface area contributed by atoms with Crippen molar-refractivity contribution in [3.8, 4) is 17.0 Å². The molecule has 0 radical (unpaired) electrons. The molecule has 0 saturated heterocycles. The highest BCUT2D eigenvalue weighted by Crippen LogP contribution is 2.34. The number of aromatic hydroxyl groups is 1. The number of azo groups is 1. The van der Waals surface area contributed by atoms with Gasteiger partial charge in [-0.15, -0.1) is 10.2 Å². The van der Waals surface area contributed by atoms with Crippen LogP contribution in [0.5, 0.6) is 5.75 Å². The number of phenolic OH excluding ortho intramolecular Hbond substituents is 1. The highest BCUT2D eigenvalue weighted by molar-refractivity contribution is 5.76.